The van der Waals surface area contributed by atoms with Gasteiger partial charge in [0.15, 0.2) is 0 Å². The summed E-state index contributed by atoms with van der Waals surface area (Å²) in [5.41, 5.74) is 0. The monoisotopic (exact) mass is 264 g/mol. The number of anilines is 2. The van der Waals surface area contributed by atoms with Gasteiger partial charge in [0.05, 0.1) is 6.42 Å². The van der Waals surface area contributed by atoms with Crippen LogP contribution in [0, 0.1) is 0 Å². The second-order valence-corrected chi connectivity index (χ2v) is 5.06. The predicted octanol–water partition coefficient (Wildman–Crippen LogP) is 2.11. The summed E-state index contributed by atoms with van der Waals surface area (Å²) in [5, 5.41) is 15.2. The van der Waals surface area contributed by atoms with Crippen molar-refractivity contribution < 1.29 is 9.90 Å². The first-order chi connectivity index (χ1) is 9.13. The molecule has 3 N–H and O–H groups in total. The average molecular weight is 264 g/mol. The largest absolute Gasteiger partial charge is 0.481 e. The van der Waals surface area contributed by atoms with E-state index in [1.165, 1.54) is 32.0 Å². The summed E-state index contributed by atoms with van der Waals surface area (Å²) in [6.07, 6.45) is 6.46. The van der Waals surface area contributed by atoms with E-state index in [0.717, 1.165) is 5.82 Å². The van der Waals surface area contributed by atoms with Crippen molar-refractivity contribution in [3.63, 3.8) is 0 Å². The van der Waals surface area contributed by atoms with E-state index >= 15 is 0 Å². The first-order valence-corrected chi connectivity index (χ1v) is 6.70. The second kappa shape index (κ2) is 6.36. The molecule has 19 heavy (non-hydrogen) atoms. The molecule has 0 aliphatic heterocycles. The lowest BCUT2D eigenvalue weighted by Crippen LogP contribution is -2.20. The van der Waals surface area contributed by atoms with Crippen molar-refractivity contribution in [3.8, 4) is 0 Å². The standard InChI is InChI=1S/C13H20N4O2/c1-9(6-13(18)19)16-11-7-12(15-8-14-11)17-10-4-2-3-5-10/h7-10H,2-6H2,1H3,(H,18,19)(H2,14,15,16,17). The van der Waals surface area contributed by atoms with Crippen LogP contribution < -0.4 is 10.6 Å². The molecule has 1 aliphatic carbocycles. The highest BCUT2D eigenvalue weighted by molar-refractivity contribution is 5.68. The summed E-state index contributed by atoms with van der Waals surface area (Å²) >= 11 is 0. The van der Waals surface area contributed by atoms with E-state index in [9.17, 15) is 4.79 Å². The minimum atomic E-state index is -0.821. The van der Waals surface area contributed by atoms with E-state index in [0.29, 0.717) is 11.9 Å². The van der Waals surface area contributed by atoms with Gasteiger partial charge in [-0.2, -0.15) is 0 Å². The van der Waals surface area contributed by atoms with Gasteiger partial charge in [0, 0.05) is 18.2 Å². The quantitative estimate of drug-likeness (QED) is 0.729. The molecule has 0 spiro atoms. The Morgan fingerprint density at radius 3 is 2.79 bits per heavy atom. The van der Waals surface area contributed by atoms with E-state index in [1.807, 2.05) is 13.0 Å². The molecular weight excluding hydrogens is 244 g/mol. The maximum Gasteiger partial charge on any atom is 0.305 e. The number of carboxylic acid groups (broad SMARTS) is 1. The fourth-order valence-corrected chi connectivity index (χ4v) is 2.36. The Hall–Kier alpha value is -1.85. The van der Waals surface area contributed by atoms with Gasteiger partial charge in [0.1, 0.15) is 18.0 Å². The first kappa shape index (κ1) is 13.6. The van der Waals surface area contributed by atoms with E-state index in [-0.39, 0.29) is 12.5 Å². The third-order valence-electron chi connectivity index (χ3n) is 3.25. The zero-order chi connectivity index (χ0) is 13.7. The first-order valence-electron chi connectivity index (χ1n) is 6.70. The third-order valence-corrected chi connectivity index (χ3v) is 3.25. The van der Waals surface area contributed by atoms with Crippen LogP contribution in [0.4, 0.5) is 11.6 Å². The maximum absolute atomic E-state index is 10.6. The molecule has 6 heteroatoms. The lowest BCUT2D eigenvalue weighted by molar-refractivity contribution is -0.137. The summed E-state index contributed by atoms with van der Waals surface area (Å²) in [6, 6.07) is 2.17. The van der Waals surface area contributed by atoms with Crippen molar-refractivity contribution >= 4 is 17.6 Å². The SMILES string of the molecule is CC(CC(=O)O)Nc1cc(NC2CCCC2)ncn1. The molecule has 0 saturated heterocycles. The highest BCUT2D eigenvalue weighted by Crippen LogP contribution is 2.22. The molecule has 1 aromatic rings. The topological polar surface area (TPSA) is 87.1 Å². The molecule has 1 unspecified atom stereocenters. The van der Waals surface area contributed by atoms with Gasteiger partial charge in [-0.1, -0.05) is 12.8 Å². The Morgan fingerprint density at radius 1 is 1.42 bits per heavy atom. The van der Waals surface area contributed by atoms with Gasteiger partial charge in [0.2, 0.25) is 0 Å². The molecular formula is C13H20N4O2. The minimum absolute atomic E-state index is 0.0649. The number of carbonyl (C=O) groups is 1. The lowest BCUT2D eigenvalue weighted by atomic mass is 10.2. The maximum atomic E-state index is 10.6. The molecule has 2 rings (SSSR count). The van der Waals surface area contributed by atoms with E-state index in [1.54, 1.807) is 0 Å². The van der Waals surface area contributed by atoms with Crippen LogP contribution in [0.2, 0.25) is 0 Å². The van der Waals surface area contributed by atoms with Crippen molar-refractivity contribution in [2.45, 2.75) is 51.1 Å². The predicted molar refractivity (Wildman–Crippen MR) is 73.2 cm³/mol. The second-order valence-electron chi connectivity index (χ2n) is 5.06. The molecule has 1 aliphatic rings. The van der Waals surface area contributed by atoms with E-state index in [2.05, 4.69) is 20.6 Å². The fourth-order valence-electron chi connectivity index (χ4n) is 2.36. The fraction of sp³-hybridized carbons (Fsp3) is 0.615. The average Bonchev–Trinajstić information content (AvgIpc) is 2.81. The number of aromatic nitrogens is 2. The van der Waals surface area contributed by atoms with Gasteiger partial charge >= 0.3 is 5.97 Å². The summed E-state index contributed by atoms with van der Waals surface area (Å²) in [6.45, 7) is 1.82. The number of rotatable bonds is 6. The number of nitrogens with one attached hydrogen (secondary N) is 2. The van der Waals surface area contributed by atoms with E-state index < -0.39 is 5.97 Å². The Kier molecular flexibility index (Phi) is 4.54. The molecule has 0 aromatic carbocycles. The number of hydrogen-bond donors (Lipinski definition) is 3. The molecule has 0 amide bonds. The van der Waals surface area contributed by atoms with Crippen LogP contribution >= 0.6 is 0 Å². The number of aliphatic carboxylic acids is 1. The minimum Gasteiger partial charge on any atom is -0.481 e. The molecule has 1 heterocycles. The highest BCUT2D eigenvalue weighted by atomic mass is 16.4. The Bertz CT molecular complexity index is 432. The van der Waals surface area contributed by atoms with Crippen LogP contribution in [0.25, 0.3) is 0 Å². The van der Waals surface area contributed by atoms with Crippen LogP contribution in [-0.2, 0) is 4.79 Å². The molecule has 0 bridgehead atoms. The highest BCUT2D eigenvalue weighted by Gasteiger charge is 2.15. The summed E-state index contributed by atoms with van der Waals surface area (Å²) < 4.78 is 0. The van der Waals surface area contributed by atoms with Crippen molar-refractivity contribution in [1.82, 2.24) is 9.97 Å². The van der Waals surface area contributed by atoms with Gasteiger partial charge < -0.3 is 15.7 Å². The number of hydrogen-bond acceptors (Lipinski definition) is 5. The van der Waals surface area contributed by atoms with Crippen LogP contribution in [-0.4, -0.2) is 33.1 Å². The third kappa shape index (κ3) is 4.39. The van der Waals surface area contributed by atoms with Crippen molar-refractivity contribution in [1.29, 1.82) is 0 Å². The van der Waals surface area contributed by atoms with Gasteiger partial charge in [-0.05, 0) is 19.8 Å². The Labute approximate surface area is 112 Å². The summed E-state index contributed by atoms with van der Waals surface area (Å²) in [7, 11) is 0. The van der Waals surface area contributed by atoms with Crippen LogP contribution in [0.5, 0.6) is 0 Å². The molecule has 1 atom stereocenters. The van der Waals surface area contributed by atoms with Crippen molar-refractivity contribution in [2.75, 3.05) is 10.6 Å². The van der Waals surface area contributed by atoms with Crippen LogP contribution in [0.15, 0.2) is 12.4 Å². The zero-order valence-electron chi connectivity index (χ0n) is 11.1. The number of nitrogens with zero attached hydrogens (tertiary/aromatic N) is 2. The Balaban J connectivity index is 1.92. The lowest BCUT2D eigenvalue weighted by Gasteiger charge is -2.15. The normalized spacial score (nSPS) is 17.1. The number of carboxylic acids is 1. The van der Waals surface area contributed by atoms with Crippen molar-refractivity contribution in [2.24, 2.45) is 0 Å². The Morgan fingerprint density at radius 2 is 2.11 bits per heavy atom. The molecule has 0 radical (unpaired) electrons. The van der Waals surface area contributed by atoms with Crippen molar-refractivity contribution in [3.05, 3.63) is 12.4 Å². The molecule has 1 saturated carbocycles. The van der Waals surface area contributed by atoms with Gasteiger partial charge in [0.25, 0.3) is 0 Å². The molecule has 104 valence electrons. The van der Waals surface area contributed by atoms with E-state index in [4.69, 9.17) is 5.11 Å². The molecule has 1 fully saturated rings. The van der Waals surface area contributed by atoms with Gasteiger partial charge in [-0.15, -0.1) is 0 Å². The van der Waals surface area contributed by atoms with Gasteiger partial charge in [-0.3, -0.25) is 4.79 Å². The summed E-state index contributed by atoms with van der Waals surface area (Å²) in [4.78, 5) is 18.9. The van der Waals surface area contributed by atoms with Crippen LogP contribution in [0.1, 0.15) is 39.0 Å². The molecule has 1 aromatic heterocycles. The van der Waals surface area contributed by atoms with Gasteiger partial charge in [-0.25, -0.2) is 9.97 Å². The smallest absolute Gasteiger partial charge is 0.305 e. The van der Waals surface area contributed by atoms with Crippen LogP contribution in [0.3, 0.4) is 0 Å². The molecule has 6 nitrogen and oxygen atoms in total. The summed E-state index contributed by atoms with van der Waals surface area (Å²) in [5.74, 6) is 0.634. The zero-order valence-corrected chi connectivity index (χ0v) is 11.1.